The van der Waals surface area contributed by atoms with Crippen molar-refractivity contribution in [2.75, 3.05) is 18.8 Å². The van der Waals surface area contributed by atoms with Gasteiger partial charge in [-0.3, -0.25) is 0 Å². The first-order chi connectivity index (χ1) is 9.87. The Morgan fingerprint density at radius 2 is 1.81 bits per heavy atom. The molecule has 0 fully saturated rings. The zero-order valence-electron chi connectivity index (χ0n) is 13.4. The van der Waals surface area contributed by atoms with Crippen molar-refractivity contribution in [3.63, 3.8) is 0 Å². The van der Waals surface area contributed by atoms with Crippen LogP contribution < -0.4 is 0 Å². The van der Waals surface area contributed by atoms with Gasteiger partial charge in [0.15, 0.2) is 0 Å². The van der Waals surface area contributed by atoms with Crippen LogP contribution in [0.4, 0.5) is 0 Å². The summed E-state index contributed by atoms with van der Waals surface area (Å²) in [7, 11) is -0.822. The second kappa shape index (κ2) is 7.76. The van der Waals surface area contributed by atoms with Crippen molar-refractivity contribution in [1.29, 1.82) is 0 Å². The van der Waals surface area contributed by atoms with E-state index in [1.165, 1.54) is 11.1 Å². The molecule has 0 bridgehead atoms. The molecule has 0 aromatic heterocycles. The van der Waals surface area contributed by atoms with Gasteiger partial charge in [0.05, 0.1) is 0 Å². The fraction of sp³-hybridized carbons (Fsp3) is 0.200. The van der Waals surface area contributed by atoms with Crippen LogP contribution in [0.15, 0.2) is 67.3 Å². The van der Waals surface area contributed by atoms with Gasteiger partial charge in [-0.1, -0.05) is 61.6 Å². The molecule has 0 saturated carbocycles. The molecule has 1 aromatic rings. The first-order valence-electron chi connectivity index (χ1n) is 6.81. The summed E-state index contributed by atoms with van der Waals surface area (Å²) in [6, 6.07) is 8.28. The normalized spacial score (nSPS) is 13.1. The van der Waals surface area contributed by atoms with Gasteiger partial charge in [0.25, 0.3) is 0 Å². The Kier molecular flexibility index (Phi) is 6.34. The van der Waals surface area contributed by atoms with E-state index in [0.29, 0.717) is 0 Å². The van der Waals surface area contributed by atoms with Gasteiger partial charge in [0, 0.05) is 5.56 Å². The van der Waals surface area contributed by atoms with E-state index in [9.17, 15) is 0 Å². The highest BCUT2D eigenvalue weighted by Crippen LogP contribution is 2.32. The summed E-state index contributed by atoms with van der Waals surface area (Å²) in [5, 5.41) is 3.38. The van der Waals surface area contributed by atoms with E-state index in [1.54, 1.807) is 6.08 Å². The Balaban J connectivity index is 3.28. The lowest BCUT2D eigenvalue weighted by Gasteiger charge is -2.15. The molecule has 1 rings (SSSR count). The van der Waals surface area contributed by atoms with Crippen LogP contribution in [0.1, 0.15) is 18.1 Å². The molecule has 0 heterocycles. The minimum atomic E-state index is -0.822. The van der Waals surface area contributed by atoms with E-state index < -0.39 is 10.0 Å². The number of rotatable bonds is 4. The molecule has 0 aliphatic carbocycles. The Labute approximate surface area is 131 Å². The molecule has 0 N–H and O–H groups in total. The van der Waals surface area contributed by atoms with E-state index in [1.807, 2.05) is 24.3 Å². The van der Waals surface area contributed by atoms with Gasteiger partial charge in [0.1, 0.15) is 0 Å². The number of hydrogen-bond donors (Lipinski definition) is 0. The quantitative estimate of drug-likeness (QED) is 0.516. The van der Waals surface area contributed by atoms with Crippen LogP contribution in [0.5, 0.6) is 0 Å². The van der Waals surface area contributed by atoms with Crippen LogP contribution >= 0.6 is 10.0 Å². The summed E-state index contributed by atoms with van der Waals surface area (Å²) < 4.78 is 0. The van der Waals surface area contributed by atoms with Crippen molar-refractivity contribution >= 4 is 15.6 Å². The van der Waals surface area contributed by atoms with Gasteiger partial charge in [-0.2, -0.15) is 10.0 Å². The predicted molar refractivity (Wildman–Crippen MR) is 101 cm³/mol. The van der Waals surface area contributed by atoms with E-state index in [4.69, 9.17) is 0 Å². The minimum absolute atomic E-state index is 0.822. The zero-order valence-corrected chi connectivity index (χ0v) is 14.3. The minimum Gasteiger partial charge on any atom is -0.186 e. The first kappa shape index (κ1) is 17.1. The summed E-state index contributed by atoms with van der Waals surface area (Å²) in [5.74, 6) is 3.34. The Morgan fingerprint density at radius 1 is 1.14 bits per heavy atom. The van der Waals surface area contributed by atoms with Gasteiger partial charge in [-0.15, -0.1) is 0 Å². The topological polar surface area (TPSA) is 0 Å². The lowest BCUT2D eigenvalue weighted by Crippen LogP contribution is -1.89. The van der Waals surface area contributed by atoms with Crippen molar-refractivity contribution in [3.05, 3.63) is 78.4 Å². The lowest BCUT2D eigenvalue weighted by atomic mass is 9.99. The maximum Gasteiger partial charge on any atom is 0.0328 e. The van der Waals surface area contributed by atoms with Crippen molar-refractivity contribution in [2.45, 2.75) is 6.92 Å². The van der Waals surface area contributed by atoms with Crippen LogP contribution in [-0.4, -0.2) is 18.8 Å². The second-order valence-electron chi connectivity index (χ2n) is 5.54. The van der Waals surface area contributed by atoms with Crippen molar-refractivity contribution in [1.82, 2.24) is 0 Å². The molecule has 0 aliphatic heterocycles. The Hall–Kier alpha value is -1.91. The van der Waals surface area contributed by atoms with E-state index in [2.05, 4.69) is 68.2 Å². The third-order valence-corrected chi connectivity index (χ3v) is 3.49. The Bertz CT molecular complexity index is 640. The van der Waals surface area contributed by atoms with E-state index in [-0.39, 0.29) is 0 Å². The van der Waals surface area contributed by atoms with Crippen LogP contribution in [-0.2, 0) is 0 Å². The molecule has 0 saturated heterocycles. The summed E-state index contributed by atoms with van der Waals surface area (Å²) >= 11 is 0. The van der Waals surface area contributed by atoms with Gasteiger partial charge in [-0.25, -0.2) is 0 Å². The third kappa shape index (κ3) is 5.94. The fourth-order valence-corrected chi connectivity index (χ4v) is 2.20. The smallest absolute Gasteiger partial charge is 0.0328 e. The molecule has 0 nitrogen and oxygen atoms in total. The molecule has 1 aromatic carbocycles. The van der Waals surface area contributed by atoms with E-state index >= 15 is 0 Å². The van der Waals surface area contributed by atoms with Gasteiger partial charge >= 0.3 is 0 Å². The van der Waals surface area contributed by atoms with Crippen molar-refractivity contribution < 1.29 is 0 Å². The van der Waals surface area contributed by atoms with Crippen LogP contribution in [0.2, 0.25) is 0 Å². The molecule has 0 atom stereocenters. The largest absolute Gasteiger partial charge is 0.186 e. The maximum absolute atomic E-state index is 3.83. The summed E-state index contributed by atoms with van der Waals surface area (Å²) in [5.41, 5.74) is 4.48. The lowest BCUT2D eigenvalue weighted by molar-refractivity contribution is 1.51. The zero-order chi connectivity index (χ0) is 15.9. The molecule has 0 aliphatic rings. The van der Waals surface area contributed by atoms with Crippen molar-refractivity contribution in [2.24, 2.45) is 0 Å². The molecule has 0 amide bonds. The summed E-state index contributed by atoms with van der Waals surface area (Å²) in [6.45, 7) is 9.66. The highest BCUT2D eigenvalue weighted by molar-refractivity contribution is 8.35. The highest BCUT2D eigenvalue weighted by atomic mass is 32.3. The maximum atomic E-state index is 3.83. The van der Waals surface area contributed by atoms with E-state index in [0.717, 1.165) is 11.1 Å². The molecule has 0 unspecified atom stereocenters. The van der Waals surface area contributed by atoms with Gasteiger partial charge in [0.2, 0.25) is 0 Å². The predicted octanol–water partition coefficient (Wildman–Crippen LogP) is 5.39. The second-order valence-corrected chi connectivity index (χ2v) is 9.42. The van der Waals surface area contributed by atoms with Gasteiger partial charge in [-0.05, 0) is 53.7 Å². The number of hydrogen-bond acceptors (Lipinski definition) is 0. The highest BCUT2D eigenvalue weighted by Gasteiger charge is 2.03. The average molecular weight is 296 g/mol. The van der Waals surface area contributed by atoms with Crippen LogP contribution in [0.25, 0.3) is 5.57 Å². The third-order valence-electron chi connectivity index (χ3n) is 2.77. The molecule has 21 heavy (non-hydrogen) atoms. The van der Waals surface area contributed by atoms with Crippen molar-refractivity contribution in [3.8, 4) is 11.2 Å². The molecular formula is C20H24S. The molecular weight excluding hydrogens is 272 g/mol. The molecule has 0 spiro atoms. The average Bonchev–Trinajstić information content (AvgIpc) is 2.44. The molecule has 110 valence electrons. The van der Waals surface area contributed by atoms with Gasteiger partial charge < -0.3 is 0 Å². The molecule has 1 heteroatoms. The van der Waals surface area contributed by atoms with Crippen LogP contribution in [0, 0.1) is 11.2 Å². The fourth-order valence-electron chi connectivity index (χ4n) is 1.78. The number of allylic oxidation sites excluding steroid dienone is 6. The summed E-state index contributed by atoms with van der Waals surface area (Å²) in [6.07, 6.45) is 14.3. The van der Waals surface area contributed by atoms with Crippen LogP contribution in [0.3, 0.4) is 0 Å². The monoisotopic (exact) mass is 296 g/mol. The Morgan fingerprint density at radius 3 is 2.38 bits per heavy atom. The standard InChI is InChI=1S/C20H24S/c1-7-11-18(8-2)16-17(3)20-13-10-9-12-19(20)14-15-21(4,5)6/h7-13,16H,1-2H2,3-6H3/b17-16+,18-11+. The molecule has 0 radical (unpaired) electrons. The SMILES string of the molecule is C=C/C=C(C=C)/C=C(\C)c1ccccc1C#CS(C)(C)C. The summed E-state index contributed by atoms with van der Waals surface area (Å²) in [4.78, 5) is 0. The first-order valence-corrected chi connectivity index (χ1v) is 9.67. The number of benzene rings is 1.